The van der Waals surface area contributed by atoms with E-state index in [1.807, 2.05) is 31.2 Å². The summed E-state index contributed by atoms with van der Waals surface area (Å²) < 4.78 is 0. The van der Waals surface area contributed by atoms with E-state index >= 15 is 0 Å². The molecule has 1 aliphatic heterocycles. The van der Waals surface area contributed by atoms with Gasteiger partial charge in [0.05, 0.1) is 11.8 Å². The number of hydrogen-bond donors (Lipinski definition) is 1. The molecular weight excluding hydrogens is 376 g/mol. The van der Waals surface area contributed by atoms with Gasteiger partial charge >= 0.3 is 0 Å². The minimum absolute atomic E-state index is 0.0326. The number of carbonyl (C=O) groups is 3. The number of rotatable bonds is 3. The molecule has 6 aliphatic rings. The van der Waals surface area contributed by atoms with E-state index in [0.29, 0.717) is 11.8 Å². The van der Waals surface area contributed by atoms with Crippen LogP contribution in [0.2, 0.25) is 0 Å². The average Bonchev–Trinajstić information content (AvgIpc) is 3.53. The van der Waals surface area contributed by atoms with E-state index in [1.165, 1.54) is 6.42 Å². The monoisotopic (exact) mass is 404 g/mol. The first-order valence-corrected chi connectivity index (χ1v) is 11.5. The highest BCUT2D eigenvalue weighted by Crippen LogP contribution is 2.65. The molecule has 1 N–H and O–H groups in total. The predicted molar refractivity (Wildman–Crippen MR) is 112 cm³/mol. The number of hydrogen-bond acceptors (Lipinski definition) is 3. The van der Waals surface area contributed by atoms with Gasteiger partial charge < -0.3 is 5.32 Å². The first kappa shape index (κ1) is 18.3. The second kappa shape index (κ2) is 6.53. The zero-order valence-corrected chi connectivity index (χ0v) is 17.3. The fourth-order valence-electron chi connectivity index (χ4n) is 6.82. The van der Waals surface area contributed by atoms with Gasteiger partial charge in [-0.2, -0.15) is 0 Å². The van der Waals surface area contributed by atoms with Crippen LogP contribution in [0.15, 0.2) is 36.4 Å². The topological polar surface area (TPSA) is 66.5 Å². The van der Waals surface area contributed by atoms with Crippen molar-refractivity contribution in [3.05, 3.63) is 42.0 Å². The molecule has 0 unspecified atom stereocenters. The minimum Gasteiger partial charge on any atom is -0.326 e. The van der Waals surface area contributed by atoms with Crippen molar-refractivity contribution in [2.75, 3.05) is 5.32 Å². The van der Waals surface area contributed by atoms with Crippen molar-refractivity contribution >= 4 is 23.4 Å². The molecule has 1 aromatic carbocycles. The van der Waals surface area contributed by atoms with Gasteiger partial charge in [-0.3, -0.25) is 19.3 Å². The van der Waals surface area contributed by atoms with E-state index in [9.17, 15) is 14.4 Å². The Hall–Kier alpha value is -2.43. The Morgan fingerprint density at radius 3 is 2.03 bits per heavy atom. The number of imide groups is 1. The molecular formula is C25H28N2O3. The Labute approximate surface area is 176 Å². The highest BCUT2D eigenvalue weighted by atomic mass is 16.2. The van der Waals surface area contributed by atoms with Crippen LogP contribution in [0.1, 0.15) is 37.7 Å². The number of carbonyl (C=O) groups excluding carboxylic acids is 3. The minimum atomic E-state index is -0.112. The summed E-state index contributed by atoms with van der Waals surface area (Å²) >= 11 is 0. The van der Waals surface area contributed by atoms with E-state index in [1.54, 1.807) is 4.90 Å². The predicted octanol–water partition coefficient (Wildman–Crippen LogP) is 3.55. The summed E-state index contributed by atoms with van der Waals surface area (Å²) in [6, 6.07) is 7.80. The van der Waals surface area contributed by atoms with Crippen molar-refractivity contribution in [2.24, 2.45) is 41.4 Å². The molecule has 30 heavy (non-hydrogen) atoms. The Bertz CT molecular complexity index is 908. The molecule has 7 rings (SSSR count). The first-order valence-electron chi connectivity index (χ1n) is 11.5. The SMILES string of the molecule is Cc1ccc(NC(=O)C2CCC(N3C(=O)[C@H]4[C@@H]5C=C[C@H]([C@H]6C[C@H]56)[C@@H]4C3=O)CC2)cc1. The van der Waals surface area contributed by atoms with Crippen LogP contribution < -0.4 is 5.32 Å². The van der Waals surface area contributed by atoms with E-state index < -0.39 is 0 Å². The number of nitrogens with zero attached hydrogens (tertiary/aromatic N) is 1. The summed E-state index contributed by atoms with van der Waals surface area (Å²) in [6.07, 6.45) is 8.56. The maximum Gasteiger partial charge on any atom is 0.233 e. The second-order valence-corrected chi connectivity index (χ2v) is 10.1. The molecule has 5 heteroatoms. The highest BCUT2D eigenvalue weighted by molar-refractivity contribution is 6.06. The van der Waals surface area contributed by atoms with Crippen LogP contribution in [0, 0.1) is 48.3 Å². The molecule has 4 fully saturated rings. The lowest BCUT2D eigenvalue weighted by molar-refractivity contribution is -0.144. The van der Waals surface area contributed by atoms with Crippen LogP contribution in [0.3, 0.4) is 0 Å². The fourth-order valence-corrected chi connectivity index (χ4v) is 6.82. The summed E-state index contributed by atoms with van der Waals surface area (Å²) in [5.74, 6) is 1.75. The Balaban J connectivity index is 1.11. The van der Waals surface area contributed by atoms with Gasteiger partial charge in [-0.15, -0.1) is 0 Å². The van der Waals surface area contributed by atoms with Crippen molar-refractivity contribution in [1.82, 2.24) is 4.90 Å². The zero-order chi connectivity index (χ0) is 20.6. The molecule has 3 amide bonds. The summed E-state index contributed by atoms with van der Waals surface area (Å²) in [5.41, 5.74) is 1.98. The molecule has 2 bridgehead atoms. The summed E-state index contributed by atoms with van der Waals surface area (Å²) in [4.78, 5) is 40.9. The third-order valence-electron chi connectivity index (χ3n) is 8.45. The molecule has 0 aromatic heterocycles. The third kappa shape index (κ3) is 2.63. The number of nitrogens with one attached hydrogen (secondary N) is 1. The largest absolute Gasteiger partial charge is 0.326 e. The van der Waals surface area contributed by atoms with Crippen LogP contribution in [-0.2, 0) is 14.4 Å². The van der Waals surface area contributed by atoms with Gasteiger partial charge in [0.2, 0.25) is 17.7 Å². The number of allylic oxidation sites excluding steroid dienone is 2. The summed E-state index contributed by atoms with van der Waals surface area (Å²) in [5, 5.41) is 3.02. The Morgan fingerprint density at radius 2 is 1.47 bits per heavy atom. The highest BCUT2D eigenvalue weighted by Gasteiger charge is 2.67. The molecule has 5 nitrogen and oxygen atoms in total. The molecule has 0 spiro atoms. The van der Waals surface area contributed by atoms with E-state index in [4.69, 9.17) is 0 Å². The molecule has 1 aromatic rings. The van der Waals surface area contributed by atoms with Crippen LogP contribution in [-0.4, -0.2) is 28.7 Å². The smallest absolute Gasteiger partial charge is 0.233 e. The second-order valence-electron chi connectivity index (χ2n) is 10.1. The first-order chi connectivity index (χ1) is 14.5. The fraction of sp³-hybridized carbons (Fsp3) is 0.560. The van der Waals surface area contributed by atoms with Crippen molar-refractivity contribution in [2.45, 2.75) is 45.1 Å². The average molecular weight is 405 g/mol. The summed E-state index contributed by atoms with van der Waals surface area (Å²) in [7, 11) is 0. The van der Waals surface area contributed by atoms with Gasteiger partial charge in [0.15, 0.2) is 0 Å². The molecule has 1 saturated heterocycles. The van der Waals surface area contributed by atoms with E-state index in [2.05, 4.69) is 17.5 Å². The lowest BCUT2D eigenvalue weighted by Gasteiger charge is -2.37. The number of amides is 3. The van der Waals surface area contributed by atoms with E-state index in [-0.39, 0.29) is 53.4 Å². The van der Waals surface area contributed by atoms with Crippen molar-refractivity contribution in [3.63, 3.8) is 0 Å². The number of aryl methyl sites for hydroxylation is 1. The van der Waals surface area contributed by atoms with Gasteiger partial charge in [0.1, 0.15) is 0 Å². The molecule has 3 saturated carbocycles. The normalized spacial score (nSPS) is 40.9. The van der Waals surface area contributed by atoms with Crippen LogP contribution in [0.4, 0.5) is 5.69 Å². The van der Waals surface area contributed by atoms with Crippen molar-refractivity contribution in [3.8, 4) is 0 Å². The zero-order valence-electron chi connectivity index (χ0n) is 17.3. The van der Waals surface area contributed by atoms with Crippen LogP contribution in [0.25, 0.3) is 0 Å². The lowest BCUT2D eigenvalue weighted by Crippen LogP contribution is -2.44. The lowest BCUT2D eigenvalue weighted by atomic mass is 9.63. The molecule has 1 heterocycles. The van der Waals surface area contributed by atoms with Gasteiger partial charge in [-0.1, -0.05) is 29.8 Å². The van der Waals surface area contributed by atoms with Crippen molar-refractivity contribution < 1.29 is 14.4 Å². The standard InChI is InChI=1S/C25H28N2O3/c1-13-2-6-15(7-3-13)26-23(28)14-4-8-16(9-5-14)27-24(29)21-17-10-11-18(20-12-19(17)20)22(21)25(27)30/h2-3,6-7,10-11,14,16-22H,4-5,8-9,12H2,1H3,(H,26,28)/t14?,16?,17-,18-,19-,20-,21+,22+/m1/s1. The maximum atomic E-state index is 13.3. The number of benzene rings is 1. The molecule has 156 valence electrons. The van der Waals surface area contributed by atoms with Gasteiger partial charge in [0, 0.05) is 17.6 Å². The van der Waals surface area contributed by atoms with Gasteiger partial charge in [-0.25, -0.2) is 0 Å². The Kier molecular flexibility index (Phi) is 4.00. The van der Waals surface area contributed by atoms with Crippen LogP contribution >= 0.6 is 0 Å². The van der Waals surface area contributed by atoms with E-state index in [0.717, 1.165) is 36.9 Å². The van der Waals surface area contributed by atoms with Gasteiger partial charge in [-0.05, 0) is 74.8 Å². The molecule has 5 aliphatic carbocycles. The third-order valence-corrected chi connectivity index (χ3v) is 8.45. The summed E-state index contributed by atoms with van der Waals surface area (Å²) in [6.45, 7) is 2.02. The van der Waals surface area contributed by atoms with Gasteiger partial charge in [0.25, 0.3) is 0 Å². The molecule has 6 atom stereocenters. The quantitative estimate of drug-likeness (QED) is 0.619. The maximum absolute atomic E-state index is 13.3. The number of likely N-dealkylation sites (tertiary alicyclic amines) is 1. The van der Waals surface area contributed by atoms with Crippen molar-refractivity contribution in [1.29, 1.82) is 0 Å². The Morgan fingerprint density at radius 1 is 0.900 bits per heavy atom. The van der Waals surface area contributed by atoms with Crippen LogP contribution in [0.5, 0.6) is 0 Å². The molecule has 0 radical (unpaired) electrons. The number of anilines is 1.